The summed E-state index contributed by atoms with van der Waals surface area (Å²) >= 11 is 0. The van der Waals surface area contributed by atoms with E-state index < -0.39 is 0 Å². The molecule has 1 aliphatic rings. The van der Waals surface area contributed by atoms with Gasteiger partial charge >= 0.3 is 5.97 Å². The average molecular weight is 268 g/mol. The van der Waals surface area contributed by atoms with Crippen LogP contribution in [0, 0.1) is 17.3 Å². The molecule has 0 amide bonds. The first-order chi connectivity index (χ1) is 8.78. The van der Waals surface area contributed by atoms with Gasteiger partial charge < -0.3 is 4.74 Å². The zero-order chi connectivity index (χ0) is 15.1. The van der Waals surface area contributed by atoms with Crippen LogP contribution in [0.4, 0.5) is 0 Å². The summed E-state index contributed by atoms with van der Waals surface area (Å²) in [5.41, 5.74) is 0.119. The Kier molecular flexibility index (Phi) is 7.65. The van der Waals surface area contributed by atoms with E-state index in [0.717, 1.165) is 19.3 Å². The Hall–Kier alpha value is -1.12. The van der Waals surface area contributed by atoms with Crippen molar-refractivity contribution in [3.8, 4) is 0 Å². The smallest absolute Gasteiger partial charge is 0.302 e. The van der Waals surface area contributed by atoms with Crippen LogP contribution in [-0.2, 0) is 14.3 Å². The van der Waals surface area contributed by atoms with Gasteiger partial charge in [0.1, 0.15) is 5.78 Å². The van der Waals surface area contributed by atoms with Crippen LogP contribution in [0.25, 0.3) is 0 Å². The van der Waals surface area contributed by atoms with Crippen LogP contribution in [0.5, 0.6) is 0 Å². The molecule has 0 N–H and O–H groups in total. The summed E-state index contributed by atoms with van der Waals surface area (Å²) in [4.78, 5) is 21.4. The Balaban J connectivity index is 0.000000555. The van der Waals surface area contributed by atoms with Crippen molar-refractivity contribution in [1.82, 2.24) is 0 Å². The fourth-order valence-electron chi connectivity index (χ4n) is 2.31. The maximum absolute atomic E-state index is 11.8. The second-order valence-corrected chi connectivity index (χ2v) is 5.77. The van der Waals surface area contributed by atoms with Gasteiger partial charge in [-0.25, -0.2) is 0 Å². The number of ketones is 1. The van der Waals surface area contributed by atoms with Gasteiger partial charge in [0.15, 0.2) is 0 Å². The monoisotopic (exact) mass is 268 g/mol. The minimum atomic E-state index is -0.245. The number of ether oxygens (including phenoxy) is 1. The maximum Gasteiger partial charge on any atom is 0.302 e. The molecule has 1 fully saturated rings. The average Bonchev–Trinajstić information content (AvgIpc) is 2.39. The number of carbonyl (C=O) groups is 2. The largest absolute Gasteiger partial charge is 0.469 e. The molecular weight excluding hydrogens is 240 g/mol. The van der Waals surface area contributed by atoms with Crippen molar-refractivity contribution in [3.63, 3.8) is 0 Å². The molecule has 1 rings (SSSR count). The van der Waals surface area contributed by atoms with E-state index in [9.17, 15) is 9.59 Å². The SMILES string of the molecule is C=CC(C)(C)C1CCC(CC)C(=O)C1.COC(C)=O. The summed E-state index contributed by atoms with van der Waals surface area (Å²) in [5, 5.41) is 0. The fraction of sp³-hybridized carbons (Fsp3) is 0.750. The molecule has 1 aliphatic carbocycles. The van der Waals surface area contributed by atoms with Crippen LogP contribution >= 0.6 is 0 Å². The standard InChI is InChI=1S/C13H22O.C3H6O2/c1-5-10-7-8-11(9-12(10)14)13(3,4)6-2;1-3(4)5-2/h6,10-11H,2,5,7-9H2,1,3-4H3;1-2H3. The van der Waals surface area contributed by atoms with Gasteiger partial charge in [-0.3, -0.25) is 9.59 Å². The highest BCUT2D eigenvalue weighted by Crippen LogP contribution is 2.39. The number of esters is 1. The van der Waals surface area contributed by atoms with E-state index in [-0.39, 0.29) is 11.4 Å². The van der Waals surface area contributed by atoms with Gasteiger partial charge in [0.2, 0.25) is 0 Å². The van der Waals surface area contributed by atoms with E-state index in [2.05, 4.69) is 32.1 Å². The van der Waals surface area contributed by atoms with Crippen molar-refractivity contribution in [1.29, 1.82) is 0 Å². The predicted octanol–water partition coefficient (Wildman–Crippen LogP) is 3.77. The van der Waals surface area contributed by atoms with Crippen LogP contribution in [0.15, 0.2) is 12.7 Å². The van der Waals surface area contributed by atoms with Crippen molar-refractivity contribution in [2.45, 2.75) is 53.4 Å². The highest BCUT2D eigenvalue weighted by atomic mass is 16.5. The molecule has 0 aromatic rings. The minimum Gasteiger partial charge on any atom is -0.469 e. The summed E-state index contributed by atoms with van der Waals surface area (Å²) in [6.45, 7) is 11.7. The van der Waals surface area contributed by atoms with E-state index >= 15 is 0 Å². The highest BCUT2D eigenvalue weighted by Gasteiger charge is 2.34. The third kappa shape index (κ3) is 6.04. The third-order valence-corrected chi connectivity index (χ3v) is 4.13. The quantitative estimate of drug-likeness (QED) is 0.578. The molecule has 0 radical (unpaired) electrons. The maximum atomic E-state index is 11.8. The number of carbonyl (C=O) groups excluding carboxylic acids is 2. The topological polar surface area (TPSA) is 43.4 Å². The summed E-state index contributed by atoms with van der Waals surface area (Å²) in [5.74, 6) is 1.07. The number of allylic oxidation sites excluding steroid dienone is 1. The fourth-order valence-corrected chi connectivity index (χ4v) is 2.31. The summed E-state index contributed by atoms with van der Waals surface area (Å²) in [7, 11) is 1.35. The Morgan fingerprint density at radius 2 is 2.00 bits per heavy atom. The second-order valence-electron chi connectivity index (χ2n) is 5.77. The van der Waals surface area contributed by atoms with Crippen LogP contribution < -0.4 is 0 Å². The number of methoxy groups -OCH3 is 1. The van der Waals surface area contributed by atoms with Crippen molar-refractivity contribution < 1.29 is 14.3 Å². The Labute approximate surface area is 117 Å². The second kappa shape index (κ2) is 8.13. The van der Waals surface area contributed by atoms with Gasteiger partial charge in [-0.1, -0.05) is 26.8 Å². The lowest BCUT2D eigenvalue weighted by Crippen LogP contribution is -2.32. The Morgan fingerprint density at radius 1 is 1.47 bits per heavy atom. The zero-order valence-corrected chi connectivity index (χ0v) is 13.0. The van der Waals surface area contributed by atoms with Crippen LogP contribution in [-0.4, -0.2) is 18.9 Å². The summed E-state index contributed by atoms with van der Waals surface area (Å²) in [6, 6.07) is 0. The lowest BCUT2D eigenvalue weighted by Gasteiger charge is -2.36. The number of rotatable bonds is 3. The molecule has 2 atom stereocenters. The molecule has 2 unspecified atom stereocenters. The van der Waals surface area contributed by atoms with Crippen LogP contribution in [0.1, 0.15) is 53.4 Å². The third-order valence-electron chi connectivity index (χ3n) is 4.13. The van der Waals surface area contributed by atoms with E-state index in [0.29, 0.717) is 17.6 Å². The van der Waals surface area contributed by atoms with Crippen molar-refractivity contribution in [2.24, 2.45) is 17.3 Å². The van der Waals surface area contributed by atoms with Gasteiger partial charge in [0.05, 0.1) is 7.11 Å². The molecule has 0 spiro atoms. The van der Waals surface area contributed by atoms with E-state index in [4.69, 9.17) is 0 Å². The van der Waals surface area contributed by atoms with Crippen LogP contribution in [0.2, 0.25) is 0 Å². The van der Waals surface area contributed by atoms with Crippen molar-refractivity contribution in [3.05, 3.63) is 12.7 Å². The molecule has 19 heavy (non-hydrogen) atoms. The van der Waals surface area contributed by atoms with E-state index in [1.165, 1.54) is 20.5 Å². The minimum absolute atomic E-state index is 0.119. The summed E-state index contributed by atoms with van der Waals surface area (Å²) in [6.07, 6.45) is 6.04. The van der Waals surface area contributed by atoms with Crippen molar-refractivity contribution in [2.75, 3.05) is 7.11 Å². The Morgan fingerprint density at radius 3 is 2.32 bits per heavy atom. The van der Waals surface area contributed by atoms with Gasteiger partial charge in [0, 0.05) is 19.3 Å². The number of hydrogen-bond acceptors (Lipinski definition) is 3. The molecule has 110 valence electrons. The molecule has 0 aromatic heterocycles. The molecule has 0 heterocycles. The summed E-state index contributed by atoms with van der Waals surface area (Å²) < 4.78 is 4.11. The molecule has 0 saturated heterocycles. The first-order valence-corrected chi connectivity index (χ1v) is 6.99. The lowest BCUT2D eigenvalue weighted by molar-refractivity contribution is -0.138. The Bertz CT molecular complexity index is 318. The number of Topliss-reactive ketones (excluding diaryl/α,β-unsaturated/α-hetero) is 1. The number of hydrogen-bond donors (Lipinski definition) is 0. The van der Waals surface area contributed by atoms with Crippen LogP contribution in [0.3, 0.4) is 0 Å². The van der Waals surface area contributed by atoms with E-state index in [1.807, 2.05) is 6.08 Å². The lowest BCUT2D eigenvalue weighted by atomic mass is 9.68. The molecule has 0 aromatic carbocycles. The molecular formula is C16H28O3. The molecule has 0 aliphatic heterocycles. The van der Waals surface area contributed by atoms with Gasteiger partial charge in [0.25, 0.3) is 0 Å². The predicted molar refractivity (Wildman–Crippen MR) is 77.8 cm³/mol. The first kappa shape index (κ1) is 17.9. The van der Waals surface area contributed by atoms with Crippen molar-refractivity contribution >= 4 is 11.8 Å². The normalized spacial score (nSPS) is 23.1. The molecule has 3 heteroatoms. The molecule has 3 nitrogen and oxygen atoms in total. The molecule has 0 bridgehead atoms. The van der Waals surface area contributed by atoms with Gasteiger partial charge in [-0.2, -0.15) is 0 Å². The molecule has 1 saturated carbocycles. The van der Waals surface area contributed by atoms with Gasteiger partial charge in [-0.15, -0.1) is 6.58 Å². The highest BCUT2D eigenvalue weighted by molar-refractivity contribution is 5.82. The van der Waals surface area contributed by atoms with Gasteiger partial charge in [-0.05, 0) is 30.6 Å². The van der Waals surface area contributed by atoms with E-state index in [1.54, 1.807) is 0 Å². The first-order valence-electron chi connectivity index (χ1n) is 6.99. The zero-order valence-electron chi connectivity index (χ0n) is 13.0.